The molecule has 0 spiro atoms. The van der Waals surface area contributed by atoms with Gasteiger partial charge in [0.1, 0.15) is 5.75 Å². The predicted octanol–water partition coefficient (Wildman–Crippen LogP) is 3.87. The fraction of sp³-hybridized carbons (Fsp3) is 0.235. The van der Waals surface area contributed by atoms with Crippen molar-refractivity contribution in [3.8, 4) is 5.75 Å². The van der Waals surface area contributed by atoms with E-state index >= 15 is 0 Å². The predicted molar refractivity (Wildman–Crippen MR) is 76.9 cm³/mol. The van der Waals surface area contributed by atoms with Gasteiger partial charge in [0.05, 0.1) is 0 Å². The fourth-order valence-corrected chi connectivity index (χ4v) is 2.07. The Morgan fingerprint density at radius 2 is 1.63 bits per heavy atom. The second-order valence-electron chi connectivity index (χ2n) is 4.90. The van der Waals surface area contributed by atoms with Gasteiger partial charge in [-0.05, 0) is 50.1 Å². The summed E-state index contributed by atoms with van der Waals surface area (Å²) < 4.78 is 5.57. The summed E-state index contributed by atoms with van der Waals surface area (Å²) in [5.74, 6) is 0.751. The first-order valence-electron chi connectivity index (χ1n) is 6.35. The van der Waals surface area contributed by atoms with Gasteiger partial charge < -0.3 is 4.74 Å². The minimum atomic E-state index is 0.00265. The van der Waals surface area contributed by atoms with Crippen molar-refractivity contribution >= 4 is 5.78 Å². The lowest BCUT2D eigenvalue weighted by molar-refractivity contribution is 0.0921. The summed E-state index contributed by atoms with van der Waals surface area (Å²) >= 11 is 0. The lowest BCUT2D eigenvalue weighted by Gasteiger charge is -2.08. The topological polar surface area (TPSA) is 26.3 Å². The number of hydrogen-bond acceptors (Lipinski definition) is 2. The van der Waals surface area contributed by atoms with Gasteiger partial charge in [0.15, 0.2) is 12.4 Å². The normalized spacial score (nSPS) is 10.3. The van der Waals surface area contributed by atoms with E-state index in [0.29, 0.717) is 5.56 Å². The molecule has 0 atom stereocenters. The van der Waals surface area contributed by atoms with Crippen LogP contribution in [0.1, 0.15) is 27.0 Å². The molecule has 98 valence electrons. The fourth-order valence-electron chi connectivity index (χ4n) is 2.07. The Morgan fingerprint density at radius 3 is 2.26 bits per heavy atom. The lowest BCUT2D eigenvalue weighted by Crippen LogP contribution is -2.11. The van der Waals surface area contributed by atoms with E-state index in [9.17, 15) is 4.79 Å². The van der Waals surface area contributed by atoms with Crippen LogP contribution in [0, 0.1) is 20.8 Å². The number of carbonyl (C=O) groups excluding carboxylic acids is 1. The van der Waals surface area contributed by atoms with E-state index in [0.717, 1.165) is 22.4 Å². The molecule has 0 radical (unpaired) electrons. The molecule has 0 aromatic heterocycles. The van der Waals surface area contributed by atoms with Crippen LogP contribution in [0.25, 0.3) is 0 Å². The lowest BCUT2D eigenvalue weighted by atomic mass is 10.1. The molecule has 2 aromatic rings. The highest BCUT2D eigenvalue weighted by Crippen LogP contribution is 2.16. The van der Waals surface area contributed by atoms with E-state index in [4.69, 9.17) is 4.74 Å². The maximum absolute atomic E-state index is 12.0. The van der Waals surface area contributed by atoms with Gasteiger partial charge in [0.2, 0.25) is 0 Å². The standard InChI is InChI=1S/C17H18O2/c1-12-5-4-6-15(8-12)17(18)11-19-16-9-13(2)7-14(3)10-16/h4-10H,11H2,1-3H3. The minimum absolute atomic E-state index is 0.00265. The quantitative estimate of drug-likeness (QED) is 0.774. The molecule has 0 aliphatic rings. The molecule has 0 aliphatic carbocycles. The van der Waals surface area contributed by atoms with Crippen molar-refractivity contribution in [1.29, 1.82) is 0 Å². The van der Waals surface area contributed by atoms with Crippen LogP contribution in [-0.4, -0.2) is 12.4 Å². The molecular formula is C17H18O2. The summed E-state index contributed by atoms with van der Waals surface area (Å²) in [4.78, 5) is 12.0. The number of hydrogen-bond donors (Lipinski definition) is 0. The molecule has 0 N–H and O–H groups in total. The van der Waals surface area contributed by atoms with Gasteiger partial charge in [-0.15, -0.1) is 0 Å². The Labute approximate surface area is 114 Å². The van der Waals surface area contributed by atoms with E-state index in [1.807, 2.05) is 57.2 Å². The third kappa shape index (κ3) is 3.68. The van der Waals surface area contributed by atoms with Crippen LogP contribution in [0.4, 0.5) is 0 Å². The van der Waals surface area contributed by atoms with Crippen molar-refractivity contribution in [2.45, 2.75) is 20.8 Å². The summed E-state index contributed by atoms with van der Waals surface area (Å²) in [6.45, 7) is 6.08. The molecule has 0 saturated carbocycles. The minimum Gasteiger partial charge on any atom is -0.485 e. The summed E-state index contributed by atoms with van der Waals surface area (Å²) in [7, 11) is 0. The van der Waals surface area contributed by atoms with Gasteiger partial charge in [0.25, 0.3) is 0 Å². The highest BCUT2D eigenvalue weighted by atomic mass is 16.5. The second kappa shape index (κ2) is 5.70. The van der Waals surface area contributed by atoms with Crippen molar-refractivity contribution in [3.63, 3.8) is 0 Å². The Bertz CT molecular complexity index is 580. The van der Waals surface area contributed by atoms with Gasteiger partial charge in [-0.25, -0.2) is 0 Å². The first-order valence-corrected chi connectivity index (χ1v) is 6.35. The maximum atomic E-state index is 12.0. The van der Waals surface area contributed by atoms with E-state index < -0.39 is 0 Å². The molecule has 2 aromatic carbocycles. The maximum Gasteiger partial charge on any atom is 0.200 e. The van der Waals surface area contributed by atoms with Crippen LogP contribution in [0.15, 0.2) is 42.5 Å². The molecule has 0 amide bonds. The number of ether oxygens (including phenoxy) is 1. The van der Waals surface area contributed by atoms with Gasteiger partial charge in [0, 0.05) is 5.56 Å². The summed E-state index contributed by atoms with van der Waals surface area (Å²) in [5, 5.41) is 0. The average molecular weight is 254 g/mol. The Hall–Kier alpha value is -2.09. The van der Waals surface area contributed by atoms with Crippen LogP contribution >= 0.6 is 0 Å². The van der Waals surface area contributed by atoms with E-state index in [-0.39, 0.29) is 12.4 Å². The van der Waals surface area contributed by atoms with Crippen LogP contribution in [0.2, 0.25) is 0 Å². The smallest absolute Gasteiger partial charge is 0.200 e. The third-order valence-electron chi connectivity index (χ3n) is 2.91. The van der Waals surface area contributed by atoms with E-state index in [1.54, 1.807) is 0 Å². The molecule has 0 saturated heterocycles. The van der Waals surface area contributed by atoms with Gasteiger partial charge in [-0.2, -0.15) is 0 Å². The van der Waals surface area contributed by atoms with Crippen LogP contribution in [0.5, 0.6) is 5.75 Å². The highest BCUT2D eigenvalue weighted by molar-refractivity contribution is 5.97. The molecule has 0 aliphatic heterocycles. The molecule has 19 heavy (non-hydrogen) atoms. The van der Waals surface area contributed by atoms with Gasteiger partial charge in [-0.1, -0.05) is 29.8 Å². The second-order valence-corrected chi connectivity index (χ2v) is 4.90. The third-order valence-corrected chi connectivity index (χ3v) is 2.91. The first-order chi connectivity index (χ1) is 9.04. The summed E-state index contributed by atoms with van der Waals surface area (Å²) in [6, 6.07) is 13.5. The summed E-state index contributed by atoms with van der Waals surface area (Å²) in [6.07, 6.45) is 0. The number of rotatable bonds is 4. The van der Waals surface area contributed by atoms with E-state index in [2.05, 4.69) is 6.07 Å². The van der Waals surface area contributed by atoms with Crippen molar-refractivity contribution in [1.82, 2.24) is 0 Å². The number of carbonyl (C=O) groups is 1. The Morgan fingerprint density at radius 1 is 0.947 bits per heavy atom. The number of Topliss-reactive ketones (excluding diaryl/α,β-unsaturated/α-hetero) is 1. The van der Waals surface area contributed by atoms with Crippen molar-refractivity contribution in [2.24, 2.45) is 0 Å². The first kappa shape index (κ1) is 13.3. The average Bonchev–Trinajstić information content (AvgIpc) is 2.35. The van der Waals surface area contributed by atoms with Crippen LogP contribution < -0.4 is 4.74 Å². The molecular weight excluding hydrogens is 236 g/mol. The molecule has 0 fully saturated rings. The van der Waals surface area contributed by atoms with Crippen molar-refractivity contribution in [2.75, 3.05) is 6.61 Å². The van der Waals surface area contributed by atoms with Crippen molar-refractivity contribution in [3.05, 3.63) is 64.7 Å². The Kier molecular flexibility index (Phi) is 4.00. The highest BCUT2D eigenvalue weighted by Gasteiger charge is 2.07. The molecule has 2 nitrogen and oxygen atoms in total. The molecule has 0 heterocycles. The summed E-state index contributed by atoms with van der Waals surface area (Å²) in [5.41, 5.74) is 4.05. The number of ketones is 1. The van der Waals surface area contributed by atoms with E-state index in [1.165, 1.54) is 0 Å². The molecule has 0 unspecified atom stereocenters. The van der Waals surface area contributed by atoms with Gasteiger partial charge in [-0.3, -0.25) is 4.79 Å². The Balaban J connectivity index is 2.04. The SMILES string of the molecule is Cc1cc(C)cc(OCC(=O)c2cccc(C)c2)c1. The largest absolute Gasteiger partial charge is 0.485 e. The number of aryl methyl sites for hydroxylation is 3. The number of benzene rings is 2. The van der Waals surface area contributed by atoms with Gasteiger partial charge >= 0.3 is 0 Å². The molecule has 0 bridgehead atoms. The zero-order chi connectivity index (χ0) is 13.8. The van der Waals surface area contributed by atoms with Crippen molar-refractivity contribution < 1.29 is 9.53 Å². The monoisotopic (exact) mass is 254 g/mol. The van der Waals surface area contributed by atoms with Crippen LogP contribution in [-0.2, 0) is 0 Å². The van der Waals surface area contributed by atoms with Crippen LogP contribution in [0.3, 0.4) is 0 Å². The molecule has 2 rings (SSSR count). The zero-order valence-corrected chi connectivity index (χ0v) is 11.6. The molecule has 2 heteroatoms. The zero-order valence-electron chi connectivity index (χ0n) is 11.6.